The normalized spacial score (nSPS) is 18.1. The highest BCUT2D eigenvalue weighted by Crippen LogP contribution is 2.36. The van der Waals surface area contributed by atoms with Gasteiger partial charge in [0.25, 0.3) is 0 Å². The first-order chi connectivity index (χ1) is 9.09. The summed E-state index contributed by atoms with van der Waals surface area (Å²) >= 11 is 7.76. The summed E-state index contributed by atoms with van der Waals surface area (Å²) in [6.45, 7) is 4.43. The number of aromatic nitrogens is 2. The van der Waals surface area contributed by atoms with Crippen LogP contribution in [0.4, 0.5) is 5.82 Å². The zero-order valence-corrected chi connectivity index (χ0v) is 12.9. The number of anilines is 1. The van der Waals surface area contributed by atoms with Crippen molar-refractivity contribution in [3.05, 3.63) is 16.2 Å². The predicted octanol–water partition coefficient (Wildman–Crippen LogP) is 4.65. The highest BCUT2D eigenvalue weighted by atomic mass is 35.5. The maximum atomic E-state index is 6.05. The molecule has 0 amide bonds. The monoisotopic (exact) mass is 295 g/mol. The van der Waals surface area contributed by atoms with Crippen molar-refractivity contribution in [3.63, 3.8) is 0 Å². The van der Waals surface area contributed by atoms with Crippen molar-refractivity contribution in [1.82, 2.24) is 9.97 Å². The fraction of sp³-hybridized carbons (Fsp3) is 0.571. The van der Waals surface area contributed by atoms with Crippen LogP contribution in [-0.4, -0.2) is 15.5 Å². The molecule has 0 aromatic carbocycles. The van der Waals surface area contributed by atoms with E-state index >= 15 is 0 Å². The van der Waals surface area contributed by atoms with Crippen molar-refractivity contribution in [2.45, 2.75) is 51.5 Å². The van der Waals surface area contributed by atoms with Gasteiger partial charge in [0.2, 0.25) is 5.28 Å². The average Bonchev–Trinajstić information content (AvgIpc) is 2.95. The van der Waals surface area contributed by atoms with Gasteiger partial charge in [0.05, 0.1) is 5.39 Å². The Morgan fingerprint density at radius 2 is 2.11 bits per heavy atom. The van der Waals surface area contributed by atoms with Crippen LogP contribution in [0.2, 0.25) is 5.28 Å². The molecule has 2 heterocycles. The van der Waals surface area contributed by atoms with Gasteiger partial charge in [-0.2, -0.15) is 0 Å². The number of rotatable bonds is 3. The third kappa shape index (κ3) is 2.56. The summed E-state index contributed by atoms with van der Waals surface area (Å²) in [6, 6.07) is 2.19. The Kier molecular flexibility index (Phi) is 3.39. The molecular formula is C14H18ClN3S. The molecule has 1 N–H and O–H groups in total. The van der Waals surface area contributed by atoms with Crippen molar-refractivity contribution >= 4 is 39.0 Å². The van der Waals surface area contributed by atoms with Crippen LogP contribution in [-0.2, 0) is 6.42 Å². The number of thiophene rings is 1. The van der Waals surface area contributed by atoms with Gasteiger partial charge in [0.15, 0.2) is 0 Å². The minimum Gasteiger partial charge on any atom is -0.364 e. The number of hydrogen-bond acceptors (Lipinski definition) is 4. The fourth-order valence-corrected chi connectivity index (χ4v) is 3.97. The number of aryl methyl sites for hydroxylation is 1. The maximum Gasteiger partial charge on any atom is 0.225 e. The Hall–Kier alpha value is -0.870. The molecule has 0 bridgehead atoms. The zero-order valence-electron chi connectivity index (χ0n) is 11.3. The summed E-state index contributed by atoms with van der Waals surface area (Å²) in [5.74, 6) is 0.898. The highest BCUT2D eigenvalue weighted by Gasteiger charge is 2.29. The van der Waals surface area contributed by atoms with Gasteiger partial charge in [0, 0.05) is 10.4 Å². The molecule has 5 heteroatoms. The third-order valence-electron chi connectivity index (χ3n) is 3.89. The summed E-state index contributed by atoms with van der Waals surface area (Å²) in [5.41, 5.74) is 0.152. The van der Waals surface area contributed by atoms with Crippen LogP contribution >= 0.6 is 22.9 Å². The van der Waals surface area contributed by atoms with Crippen LogP contribution in [0, 0.1) is 0 Å². The molecule has 2 aromatic rings. The first-order valence-electron chi connectivity index (χ1n) is 6.84. The fourth-order valence-electron chi connectivity index (χ4n) is 2.78. The largest absolute Gasteiger partial charge is 0.364 e. The molecule has 3 rings (SSSR count). The molecule has 19 heavy (non-hydrogen) atoms. The van der Waals surface area contributed by atoms with E-state index in [1.54, 1.807) is 11.3 Å². The summed E-state index contributed by atoms with van der Waals surface area (Å²) in [6.07, 6.45) is 5.99. The Morgan fingerprint density at radius 1 is 1.37 bits per heavy atom. The summed E-state index contributed by atoms with van der Waals surface area (Å²) in [4.78, 5) is 11.1. The quantitative estimate of drug-likeness (QED) is 0.838. The smallest absolute Gasteiger partial charge is 0.225 e. The molecule has 0 saturated heterocycles. The van der Waals surface area contributed by atoms with Gasteiger partial charge < -0.3 is 5.32 Å². The number of nitrogens with one attached hydrogen (secondary N) is 1. The van der Waals surface area contributed by atoms with Crippen LogP contribution in [0.15, 0.2) is 6.07 Å². The lowest BCUT2D eigenvalue weighted by Crippen LogP contribution is -2.31. The highest BCUT2D eigenvalue weighted by molar-refractivity contribution is 7.18. The lowest BCUT2D eigenvalue weighted by atomic mass is 10.0. The van der Waals surface area contributed by atoms with E-state index in [-0.39, 0.29) is 5.54 Å². The van der Waals surface area contributed by atoms with Gasteiger partial charge in [-0.15, -0.1) is 11.3 Å². The van der Waals surface area contributed by atoms with E-state index in [4.69, 9.17) is 11.6 Å². The molecule has 0 spiro atoms. The molecule has 0 aliphatic heterocycles. The summed E-state index contributed by atoms with van der Waals surface area (Å²) in [5, 5.41) is 5.05. The van der Waals surface area contributed by atoms with E-state index in [0.29, 0.717) is 5.28 Å². The van der Waals surface area contributed by atoms with E-state index in [1.807, 2.05) is 0 Å². The number of fused-ring (bicyclic) bond motifs is 1. The number of nitrogens with zero attached hydrogens (tertiary/aromatic N) is 2. The first-order valence-corrected chi connectivity index (χ1v) is 8.03. The number of halogens is 1. The topological polar surface area (TPSA) is 37.8 Å². The maximum absolute atomic E-state index is 6.05. The van der Waals surface area contributed by atoms with E-state index in [2.05, 4.69) is 35.2 Å². The van der Waals surface area contributed by atoms with Crippen LogP contribution in [0.3, 0.4) is 0 Å². The van der Waals surface area contributed by atoms with E-state index in [9.17, 15) is 0 Å². The van der Waals surface area contributed by atoms with Crippen molar-refractivity contribution in [3.8, 4) is 0 Å². The SMILES string of the molecule is CCc1cc2c(NC3(C)CCCC3)nc(Cl)nc2s1. The summed E-state index contributed by atoms with van der Waals surface area (Å²) < 4.78 is 0. The molecule has 1 aliphatic carbocycles. The van der Waals surface area contributed by atoms with Gasteiger partial charge >= 0.3 is 0 Å². The molecular weight excluding hydrogens is 278 g/mol. The molecule has 0 atom stereocenters. The van der Waals surface area contributed by atoms with Crippen LogP contribution in [0.5, 0.6) is 0 Å². The molecule has 102 valence electrons. The van der Waals surface area contributed by atoms with Crippen molar-refractivity contribution in [2.24, 2.45) is 0 Å². The van der Waals surface area contributed by atoms with Crippen LogP contribution in [0.25, 0.3) is 10.2 Å². The first kappa shape index (κ1) is 13.1. The lowest BCUT2D eigenvalue weighted by molar-refractivity contribution is 0.531. The Labute approximate surface area is 122 Å². The third-order valence-corrected chi connectivity index (χ3v) is 5.23. The molecule has 0 unspecified atom stereocenters. The van der Waals surface area contributed by atoms with E-state index in [1.165, 1.54) is 30.6 Å². The average molecular weight is 296 g/mol. The minimum atomic E-state index is 0.152. The van der Waals surface area contributed by atoms with Gasteiger partial charge in [-0.05, 0) is 43.9 Å². The van der Waals surface area contributed by atoms with Crippen LogP contribution in [0.1, 0.15) is 44.4 Å². The van der Waals surface area contributed by atoms with Crippen molar-refractivity contribution in [2.75, 3.05) is 5.32 Å². The Bertz CT molecular complexity index is 602. The zero-order chi connectivity index (χ0) is 13.5. The van der Waals surface area contributed by atoms with Gasteiger partial charge in [-0.25, -0.2) is 9.97 Å². The Balaban J connectivity index is 2.03. The second kappa shape index (κ2) is 4.91. The lowest BCUT2D eigenvalue weighted by Gasteiger charge is -2.26. The molecule has 0 radical (unpaired) electrons. The summed E-state index contributed by atoms with van der Waals surface area (Å²) in [7, 11) is 0. The molecule has 2 aromatic heterocycles. The van der Waals surface area contributed by atoms with Crippen LogP contribution < -0.4 is 5.32 Å². The molecule has 1 fully saturated rings. The van der Waals surface area contributed by atoms with Gasteiger partial charge in [-0.3, -0.25) is 0 Å². The standard InChI is InChI=1S/C14H18ClN3S/c1-3-9-8-10-11(16-13(15)17-12(10)19-9)18-14(2)6-4-5-7-14/h8H,3-7H2,1-2H3,(H,16,17,18). The van der Waals surface area contributed by atoms with E-state index in [0.717, 1.165) is 22.5 Å². The molecule has 1 aliphatic rings. The number of hydrogen-bond donors (Lipinski definition) is 1. The van der Waals surface area contributed by atoms with Gasteiger partial charge in [0.1, 0.15) is 10.6 Å². The van der Waals surface area contributed by atoms with Crippen molar-refractivity contribution < 1.29 is 0 Å². The molecule has 3 nitrogen and oxygen atoms in total. The Morgan fingerprint density at radius 3 is 2.79 bits per heavy atom. The molecule has 1 saturated carbocycles. The minimum absolute atomic E-state index is 0.152. The van der Waals surface area contributed by atoms with Gasteiger partial charge in [-0.1, -0.05) is 19.8 Å². The van der Waals surface area contributed by atoms with E-state index < -0.39 is 0 Å². The predicted molar refractivity (Wildman–Crippen MR) is 82.3 cm³/mol. The second-order valence-corrected chi connectivity index (χ2v) is 6.97. The van der Waals surface area contributed by atoms with Crippen molar-refractivity contribution in [1.29, 1.82) is 0 Å². The second-order valence-electron chi connectivity index (χ2n) is 5.52.